The Balaban J connectivity index is 2.58. The molecule has 114 valence electrons. The molecule has 1 aliphatic heterocycles. The minimum Gasteiger partial charge on any atom is -0.329 e. The van der Waals surface area contributed by atoms with E-state index in [0.717, 1.165) is 12.6 Å². The van der Waals surface area contributed by atoms with Crippen molar-refractivity contribution in [1.82, 2.24) is 9.80 Å². The van der Waals surface area contributed by atoms with Crippen molar-refractivity contribution in [2.75, 3.05) is 32.7 Å². The molecule has 0 radical (unpaired) electrons. The maximum atomic E-state index is 6.16. The minimum absolute atomic E-state index is 0.261. The fourth-order valence-corrected chi connectivity index (χ4v) is 3.34. The average molecular weight is 269 g/mol. The summed E-state index contributed by atoms with van der Waals surface area (Å²) >= 11 is 0. The second-order valence-corrected chi connectivity index (χ2v) is 6.17. The molecule has 19 heavy (non-hydrogen) atoms. The van der Waals surface area contributed by atoms with E-state index in [9.17, 15) is 0 Å². The summed E-state index contributed by atoms with van der Waals surface area (Å²) in [5, 5.41) is 0. The highest BCUT2D eigenvalue weighted by Crippen LogP contribution is 2.27. The normalized spacial score (nSPS) is 23.2. The lowest BCUT2D eigenvalue weighted by Gasteiger charge is -2.48. The molecule has 0 aromatic rings. The van der Waals surface area contributed by atoms with Gasteiger partial charge in [-0.3, -0.25) is 9.80 Å². The van der Waals surface area contributed by atoms with E-state index in [-0.39, 0.29) is 5.54 Å². The summed E-state index contributed by atoms with van der Waals surface area (Å²) in [6.07, 6.45) is 6.28. The van der Waals surface area contributed by atoms with Gasteiger partial charge in [-0.2, -0.15) is 0 Å². The molecule has 1 saturated heterocycles. The highest BCUT2D eigenvalue weighted by Gasteiger charge is 2.35. The van der Waals surface area contributed by atoms with Gasteiger partial charge in [-0.1, -0.05) is 33.6 Å². The molecule has 0 aromatic carbocycles. The van der Waals surface area contributed by atoms with Gasteiger partial charge in [0.25, 0.3) is 0 Å². The molecule has 3 nitrogen and oxygen atoms in total. The molecule has 0 aliphatic carbocycles. The van der Waals surface area contributed by atoms with Gasteiger partial charge >= 0.3 is 0 Å². The van der Waals surface area contributed by atoms with Gasteiger partial charge in [-0.05, 0) is 26.2 Å². The first-order valence-electron chi connectivity index (χ1n) is 8.32. The Morgan fingerprint density at radius 3 is 2.16 bits per heavy atom. The van der Waals surface area contributed by atoms with Crippen molar-refractivity contribution < 1.29 is 0 Å². The van der Waals surface area contributed by atoms with Crippen LogP contribution in [0.1, 0.15) is 59.8 Å². The molecule has 0 aromatic heterocycles. The van der Waals surface area contributed by atoms with Crippen LogP contribution in [0.2, 0.25) is 0 Å². The van der Waals surface area contributed by atoms with Crippen LogP contribution in [-0.2, 0) is 0 Å². The molecule has 1 aliphatic rings. The molecular weight excluding hydrogens is 234 g/mol. The van der Waals surface area contributed by atoms with Crippen molar-refractivity contribution in [3.8, 4) is 0 Å². The van der Waals surface area contributed by atoms with Gasteiger partial charge in [0.05, 0.1) is 0 Å². The Morgan fingerprint density at radius 2 is 1.74 bits per heavy atom. The van der Waals surface area contributed by atoms with Gasteiger partial charge in [0.2, 0.25) is 0 Å². The SMILES string of the molecule is CCCCC(CC)(CN)N1CCN(C(C)CC)CC1. The number of unbranched alkanes of at least 4 members (excludes halogenated alkanes) is 1. The Morgan fingerprint density at radius 1 is 1.11 bits per heavy atom. The number of nitrogens with two attached hydrogens (primary N) is 1. The summed E-state index contributed by atoms with van der Waals surface area (Å²) in [7, 11) is 0. The van der Waals surface area contributed by atoms with Gasteiger partial charge in [-0.25, -0.2) is 0 Å². The predicted octanol–water partition coefficient (Wildman–Crippen LogP) is 2.70. The molecule has 2 atom stereocenters. The van der Waals surface area contributed by atoms with Crippen LogP contribution in [0.15, 0.2) is 0 Å². The van der Waals surface area contributed by atoms with Crippen LogP contribution < -0.4 is 5.73 Å². The third-order valence-electron chi connectivity index (χ3n) is 5.23. The van der Waals surface area contributed by atoms with Crippen LogP contribution in [0.5, 0.6) is 0 Å². The van der Waals surface area contributed by atoms with Crippen LogP contribution in [-0.4, -0.2) is 54.1 Å². The summed E-state index contributed by atoms with van der Waals surface area (Å²) in [6.45, 7) is 14.8. The summed E-state index contributed by atoms with van der Waals surface area (Å²) in [6, 6.07) is 0.728. The highest BCUT2D eigenvalue weighted by atomic mass is 15.3. The van der Waals surface area contributed by atoms with Gasteiger partial charge in [0, 0.05) is 44.3 Å². The maximum Gasteiger partial charge on any atom is 0.0330 e. The lowest BCUT2D eigenvalue weighted by Crippen LogP contribution is -2.60. The van der Waals surface area contributed by atoms with Crippen LogP contribution in [0.3, 0.4) is 0 Å². The van der Waals surface area contributed by atoms with Crippen molar-refractivity contribution in [2.45, 2.75) is 71.4 Å². The summed E-state index contributed by atoms with van der Waals surface area (Å²) in [5.41, 5.74) is 6.42. The van der Waals surface area contributed by atoms with E-state index in [1.165, 1.54) is 58.3 Å². The van der Waals surface area contributed by atoms with E-state index in [1.54, 1.807) is 0 Å². The standard InChI is InChI=1S/C16H35N3/c1-5-8-9-16(7-3,14-17)19-12-10-18(11-13-19)15(4)6-2/h15H,5-14,17H2,1-4H3. The van der Waals surface area contributed by atoms with Crippen molar-refractivity contribution in [3.05, 3.63) is 0 Å². The Bertz CT molecular complexity index is 230. The number of rotatable bonds is 8. The topological polar surface area (TPSA) is 32.5 Å². The van der Waals surface area contributed by atoms with Crippen molar-refractivity contribution in [1.29, 1.82) is 0 Å². The first-order valence-corrected chi connectivity index (χ1v) is 8.32. The molecule has 1 rings (SSSR count). The molecular formula is C16H35N3. The smallest absolute Gasteiger partial charge is 0.0330 e. The van der Waals surface area contributed by atoms with E-state index in [1.807, 2.05) is 0 Å². The molecule has 2 unspecified atom stereocenters. The van der Waals surface area contributed by atoms with Gasteiger partial charge in [0.15, 0.2) is 0 Å². The highest BCUT2D eigenvalue weighted by molar-refractivity contribution is 4.93. The predicted molar refractivity (Wildman–Crippen MR) is 84.5 cm³/mol. The summed E-state index contributed by atoms with van der Waals surface area (Å²) in [5.74, 6) is 0. The molecule has 0 amide bonds. The van der Waals surface area contributed by atoms with E-state index in [2.05, 4.69) is 37.5 Å². The Kier molecular flexibility index (Phi) is 7.33. The zero-order valence-corrected chi connectivity index (χ0v) is 13.6. The zero-order chi connectivity index (χ0) is 14.3. The number of hydrogen-bond donors (Lipinski definition) is 1. The lowest BCUT2D eigenvalue weighted by atomic mass is 9.87. The molecule has 1 heterocycles. The minimum atomic E-state index is 0.261. The molecule has 1 fully saturated rings. The van der Waals surface area contributed by atoms with Crippen LogP contribution >= 0.6 is 0 Å². The first-order chi connectivity index (χ1) is 9.13. The lowest BCUT2D eigenvalue weighted by molar-refractivity contribution is 0.0146. The van der Waals surface area contributed by atoms with Crippen LogP contribution in [0, 0.1) is 0 Å². The van der Waals surface area contributed by atoms with Gasteiger partial charge < -0.3 is 5.73 Å². The van der Waals surface area contributed by atoms with Crippen molar-refractivity contribution in [3.63, 3.8) is 0 Å². The van der Waals surface area contributed by atoms with E-state index >= 15 is 0 Å². The number of nitrogens with zero attached hydrogens (tertiary/aromatic N) is 2. The summed E-state index contributed by atoms with van der Waals surface area (Å²) in [4.78, 5) is 5.31. The van der Waals surface area contributed by atoms with E-state index < -0.39 is 0 Å². The molecule has 0 spiro atoms. The third-order valence-corrected chi connectivity index (χ3v) is 5.23. The second-order valence-electron chi connectivity index (χ2n) is 6.17. The van der Waals surface area contributed by atoms with E-state index in [0.29, 0.717) is 0 Å². The maximum absolute atomic E-state index is 6.16. The van der Waals surface area contributed by atoms with Crippen LogP contribution in [0.25, 0.3) is 0 Å². The fraction of sp³-hybridized carbons (Fsp3) is 1.00. The number of piperazine rings is 1. The molecule has 0 bridgehead atoms. The van der Waals surface area contributed by atoms with Crippen molar-refractivity contribution >= 4 is 0 Å². The average Bonchev–Trinajstić information content (AvgIpc) is 2.48. The Hall–Kier alpha value is -0.120. The van der Waals surface area contributed by atoms with Gasteiger partial charge in [-0.15, -0.1) is 0 Å². The fourth-order valence-electron chi connectivity index (χ4n) is 3.34. The summed E-state index contributed by atoms with van der Waals surface area (Å²) < 4.78 is 0. The van der Waals surface area contributed by atoms with Crippen LogP contribution in [0.4, 0.5) is 0 Å². The Labute approximate surface area is 120 Å². The largest absolute Gasteiger partial charge is 0.329 e. The van der Waals surface area contributed by atoms with E-state index in [4.69, 9.17) is 5.73 Å². The molecule has 2 N–H and O–H groups in total. The third kappa shape index (κ3) is 4.17. The molecule has 0 saturated carbocycles. The second kappa shape index (κ2) is 8.23. The zero-order valence-electron chi connectivity index (χ0n) is 13.6. The molecule has 3 heteroatoms. The first kappa shape index (κ1) is 16.9. The quantitative estimate of drug-likeness (QED) is 0.735. The van der Waals surface area contributed by atoms with Gasteiger partial charge in [0.1, 0.15) is 0 Å². The number of hydrogen-bond acceptors (Lipinski definition) is 3. The van der Waals surface area contributed by atoms with Crippen molar-refractivity contribution in [2.24, 2.45) is 5.73 Å². The monoisotopic (exact) mass is 269 g/mol.